The number of rotatable bonds is 6. The molecule has 0 N–H and O–H groups in total. The molecule has 1 aromatic heterocycles. The summed E-state index contributed by atoms with van der Waals surface area (Å²) in [6.45, 7) is 3.17. The van der Waals surface area contributed by atoms with E-state index in [2.05, 4.69) is 4.99 Å². The lowest BCUT2D eigenvalue weighted by Gasteiger charge is -2.26. The molecule has 0 unspecified atom stereocenters. The van der Waals surface area contributed by atoms with E-state index in [1.807, 2.05) is 0 Å². The van der Waals surface area contributed by atoms with Gasteiger partial charge >= 0.3 is 0 Å². The van der Waals surface area contributed by atoms with E-state index in [1.54, 1.807) is 43.3 Å². The first-order chi connectivity index (χ1) is 16.2. The second kappa shape index (κ2) is 9.06. The molecule has 1 aliphatic heterocycles. The summed E-state index contributed by atoms with van der Waals surface area (Å²) in [6.07, 6.45) is 1.59. The first-order valence-electron chi connectivity index (χ1n) is 10.2. The molecular weight excluding hydrogens is 458 g/mol. The van der Waals surface area contributed by atoms with Crippen molar-refractivity contribution in [2.24, 2.45) is 4.99 Å². The van der Waals surface area contributed by atoms with Crippen molar-refractivity contribution in [3.63, 3.8) is 0 Å². The number of nitro benzene ring substituents is 1. The number of carbonyl (C=O) groups excluding carboxylic acids is 1. The smallest absolute Gasteiger partial charge is 0.271 e. The van der Waals surface area contributed by atoms with Gasteiger partial charge in [-0.05, 0) is 37.6 Å². The Labute approximate surface area is 198 Å². The van der Waals surface area contributed by atoms with E-state index < -0.39 is 11.0 Å². The average molecular weight is 480 g/mol. The third-order valence-corrected chi connectivity index (χ3v) is 6.50. The van der Waals surface area contributed by atoms with Crippen LogP contribution in [0.2, 0.25) is 0 Å². The van der Waals surface area contributed by atoms with E-state index in [9.17, 15) is 19.7 Å². The Morgan fingerprint density at radius 2 is 1.97 bits per heavy atom. The van der Waals surface area contributed by atoms with Gasteiger partial charge in [0.15, 0.2) is 10.6 Å². The molecule has 0 spiro atoms. The first kappa shape index (κ1) is 23.1. The Morgan fingerprint density at radius 3 is 2.62 bits per heavy atom. The second-order valence-electron chi connectivity index (χ2n) is 7.60. The van der Waals surface area contributed by atoms with Crippen LogP contribution in [-0.2, 0) is 4.79 Å². The number of non-ortho nitro benzene ring substituents is 1. The van der Waals surface area contributed by atoms with Gasteiger partial charge in [-0.2, -0.15) is 0 Å². The third kappa shape index (κ3) is 4.03. The van der Waals surface area contributed by atoms with E-state index in [-0.39, 0.29) is 17.0 Å². The zero-order valence-corrected chi connectivity index (χ0v) is 19.7. The van der Waals surface area contributed by atoms with Gasteiger partial charge in [-0.15, -0.1) is 0 Å². The molecule has 34 heavy (non-hydrogen) atoms. The number of Topliss-reactive ketones (excluding diaryl/α,β-unsaturated/α-hetero) is 1. The van der Waals surface area contributed by atoms with Gasteiger partial charge in [-0.25, -0.2) is 4.99 Å². The van der Waals surface area contributed by atoms with Crippen molar-refractivity contribution in [2.45, 2.75) is 19.9 Å². The van der Waals surface area contributed by atoms with Crippen LogP contribution in [0.5, 0.6) is 11.5 Å². The highest BCUT2D eigenvalue weighted by Gasteiger charge is 2.32. The van der Waals surface area contributed by atoms with E-state index in [0.717, 1.165) is 11.3 Å². The normalized spacial score (nSPS) is 15.5. The van der Waals surface area contributed by atoms with Gasteiger partial charge < -0.3 is 9.47 Å². The van der Waals surface area contributed by atoms with E-state index in [1.165, 1.54) is 37.8 Å². The van der Waals surface area contributed by atoms with E-state index in [4.69, 9.17) is 9.47 Å². The molecule has 1 aliphatic rings. The van der Waals surface area contributed by atoms with Gasteiger partial charge in [0.25, 0.3) is 11.2 Å². The molecule has 0 bridgehead atoms. The summed E-state index contributed by atoms with van der Waals surface area (Å²) in [5, 5.41) is 11.1. The van der Waals surface area contributed by atoms with Gasteiger partial charge in [0.05, 0.1) is 29.7 Å². The van der Waals surface area contributed by atoms with Gasteiger partial charge in [0.1, 0.15) is 11.5 Å². The molecule has 2 heterocycles. The SMILES string of the molecule is COc1ccc([C@H]2C(C(C)=O)=C(C)N=c3s/c(=C\c4cccc([N+](=O)[O-])c4)c(=O)n32)c(OC)c1. The van der Waals surface area contributed by atoms with Crippen molar-refractivity contribution in [1.29, 1.82) is 0 Å². The number of thiazole rings is 1. The summed E-state index contributed by atoms with van der Waals surface area (Å²) in [7, 11) is 3.05. The van der Waals surface area contributed by atoms with Gasteiger partial charge in [-0.1, -0.05) is 23.5 Å². The van der Waals surface area contributed by atoms with Gasteiger partial charge in [-0.3, -0.25) is 24.3 Å². The number of ether oxygens (including phenoxy) is 2. The number of ketones is 1. The number of hydrogen-bond donors (Lipinski definition) is 0. The predicted molar refractivity (Wildman–Crippen MR) is 127 cm³/mol. The molecule has 1 atom stereocenters. The fraction of sp³-hybridized carbons (Fsp3) is 0.208. The molecule has 0 aliphatic carbocycles. The largest absolute Gasteiger partial charge is 0.497 e. The van der Waals surface area contributed by atoms with Crippen LogP contribution in [0.4, 0.5) is 5.69 Å². The molecule has 10 heteroatoms. The minimum absolute atomic E-state index is 0.0721. The number of aromatic nitrogens is 1. The number of nitrogens with zero attached hydrogens (tertiary/aromatic N) is 3. The van der Waals surface area contributed by atoms with Crippen LogP contribution < -0.4 is 24.4 Å². The fourth-order valence-corrected chi connectivity index (χ4v) is 5.04. The molecule has 9 nitrogen and oxygen atoms in total. The molecule has 4 rings (SSSR count). The zero-order valence-electron chi connectivity index (χ0n) is 18.9. The van der Waals surface area contributed by atoms with Crippen LogP contribution in [-0.4, -0.2) is 29.5 Å². The molecule has 0 fully saturated rings. The molecule has 3 aromatic rings. The van der Waals surface area contributed by atoms with Crippen molar-refractivity contribution >= 4 is 28.9 Å². The molecule has 0 saturated carbocycles. The van der Waals surface area contributed by atoms with E-state index in [0.29, 0.717) is 43.2 Å². The average Bonchev–Trinajstić information content (AvgIpc) is 3.12. The second-order valence-corrected chi connectivity index (χ2v) is 8.61. The number of nitro groups is 1. The monoisotopic (exact) mass is 479 g/mol. The predicted octanol–water partition coefficient (Wildman–Crippen LogP) is 2.75. The zero-order chi connectivity index (χ0) is 24.6. The Hall–Kier alpha value is -4.05. The van der Waals surface area contributed by atoms with Gasteiger partial charge in [0, 0.05) is 35.0 Å². The summed E-state index contributed by atoms with van der Waals surface area (Å²) in [4.78, 5) is 41.8. The topological polar surface area (TPSA) is 113 Å². The maximum absolute atomic E-state index is 13.6. The Morgan fingerprint density at radius 1 is 1.21 bits per heavy atom. The molecular formula is C24H21N3O6S. The number of benzene rings is 2. The Balaban J connectivity index is 1.98. The standard InChI is InChI=1S/C24H21N3O6S/c1-13-21(14(2)28)22(18-9-8-17(32-3)12-19(18)33-4)26-23(29)20(34-24(26)25-13)11-15-6-5-7-16(10-15)27(30)31/h5-12,22H,1-4H3/b20-11-/t22-/m0/s1. The molecule has 0 radical (unpaired) electrons. The highest BCUT2D eigenvalue weighted by Crippen LogP contribution is 2.37. The van der Waals surface area contributed by atoms with Crippen LogP contribution in [0.15, 0.2) is 63.5 Å². The number of fused-ring (bicyclic) bond motifs is 1. The fourth-order valence-electron chi connectivity index (χ4n) is 3.99. The number of methoxy groups -OCH3 is 2. The van der Waals surface area contributed by atoms with Crippen molar-refractivity contribution in [3.8, 4) is 11.5 Å². The summed E-state index contributed by atoms with van der Waals surface area (Å²) in [6, 6.07) is 10.5. The molecule has 174 valence electrons. The number of allylic oxidation sites excluding steroid dienone is 2. The van der Waals surface area contributed by atoms with Crippen LogP contribution in [0.25, 0.3) is 6.08 Å². The van der Waals surface area contributed by atoms with E-state index >= 15 is 0 Å². The lowest BCUT2D eigenvalue weighted by atomic mass is 9.92. The summed E-state index contributed by atoms with van der Waals surface area (Å²) < 4.78 is 12.7. The number of carbonyl (C=O) groups is 1. The van der Waals surface area contributed by atoms with Gasteiger partial charge in [0.2, 0.25) is 0 Å². The lowest BCUT2D eigenvalue weighted by Crippen LogP contribution is -2.39. The third-order valence-electron chi connectivity index (χ3n) is 5.52. The van der Waals surface area contributed by atoms with Crippen LogP contribution in [0.3, 0.4) is 0 Å². The van der Waals surface area contributed by atoms with Crippen LogP contribution in [0.1, 0.15) is 31.0 Å². The Bertz CT molecular complexity index is 1530. The maximum Gasteiger partial charge on any atom is 0.271 e. The molecule has 2 aromatic carbocycles. The minimum atomic E-state index is -0.748. The maximum atomic E-state index is 13.6. The molecule has 0 saturated heterocycles. The Kier molecular flexibility index (Phi) is 6.16. The van der Waals surface area contributed by atoms with Crippen molar-refractivity contribution < 1.29 is 19.2 Å². The van der Waals surface area contributed by atoms with Crippen molar-refractivity contribution in [3.05, 3.63) is 94.7 Å². The van der Waals surface area contributed by atoms with Crippen molar-refractivity contribution in [1.82, 2.24) is 4.57 Å². The van der Waals surface area contributed by atoms with Crippen molar-refractivity contribution in [2.75, 3.05) is 14.2 Å². The summed E-state index contributed by atoms with van der Waals surface area (Å²) >= 11 is 1.16. The number of hydrogen-bond acceptors (Lipinski definition) is 8. The lowest BCUT2D eigenvalue weighted by molar-refractivity contribution is -0.384. The minimum Gasteiger partial charge on any atom is -0.497 e. The first-order valence-corrected chi connectivity index (χ1v) is 11.1. The van der Waals surface area contributed by atoms with Crippen LogP contribution >= 0.6 is 11.3 Å². The summed E-state index contributed by atoms with van der Waals surface area (Å²) in [5.74, 6) is 0.826. The quantitative estimate of drug-likeness (QED) is 0.397. The highest BCUT2D eigenvalue weighted by atomic mass is 32.1. The molecule has 0 amide bonds. The highest BCUT2D eigenvalue weighted by molar-refractivity contribution is 7.07. The van der Waals surface area contributed by atoms with Crippen LogP contribution in [0, 0.1) is 10.1 Å². The summed E-state index contributed by atoms with van der Waals surface area (Å²) in [5.41, 5.74) is 1.60.